The predicted octanol–water partition coefficient (Wildman–Crippen LogP) is 1.69. The van der Waals surface area contributed by atoms with Crippen LogP contribution in [0, 0.1) is 0 Å². The molecular formula is C18H27N3O3S. The molecule has 0 bridgehead atoms. The Balaban J connectivity index is 2.12. The smallest absolute Gasteiger partial charge is 0.328 e. The second kappa shape index (κ2) is 7.25. The second-order valence-electron chi connectivity index (χ2n) is 7.32. The first kappa shape index (κ1) is 19.6. The van der Waals surface area contributed by atoms with Crippen LogP contribution >= 0.6 is 11.8 Å². The first-order chi connectivity index (χ1) is 11.5. The van der Waals surface area contributed by atoms with Crippen LogP contribution in [0.15, 0.2) is 24.3 Å². The van der Waals surface area contributed by atoms with E-state index in [4.69, 9.17) is 10.5 Å². The monoisotopic (exact) mass is 365 g/mol. The fraction of sp³-hybridized carbons (Fsp3) is 0.556. The van der Waals surface area contributed by atoms with Gasteiger partial charge in [0.25, 0.3) is 0 Å². The molecule has 25 heavy (non-hydrogen) atoms. The van der Waals surface area contributed by atoms with Crippen LogP contribution in [0.3, 0.4) is 0 Å². The molecule has 7 heteroatoms. The zero-order valence-corrected chi connectivity index (χ0v) is 16.2. The quantitative estimate of drug-likeness (QED) is 0.543. The van der Waals surface area contributed by atoms with Crippen LogP contribution < -0.4 is 16.4 Å². The van der Waals surface area contributed by atoms with E-state index in [1.165, 1.54) is 7.11 Å². The highest BCUT2D eigenvalue weighted by molar-refractivity contribution is 8.02. The molecule has 1 heterocycles. The number of carbonyl (C=O) groups is 2. The number of anilines is 1. The summed E-state index contributed by atoms with van der Waals surface area (Å²) in [5.41, 5.74) is 7.24. The Bertz CT molecular complexity index is 643. The number of thioether (sulfide) groups is 1. The van der Waals surface area contributed by atoms with Crippen LogP contribution in [-0.2, 0) is 20.7 Å². The average molecular weight is 365 g/mol. The molecule has 1 aromatic carbocycles. The van der Waals surface area contributed by atoms with E-state index < -0.39 is 18.1 Å². The van der Waals surface area contributed by atoms with Gasteiger partial charge < -0.3 is 15.8 Å². The molecule has 0 spiro atoms. The summed E-state index contributed by atoms with van der Waals surface area (Å²) in [6.07, 6.45) is 0.350. The highest BCUT2D eigenvalue weighted by Crippen LogP contribution is 2.44. The van der Waals surface area contributed by atoms with E-state index in [0.717, 1.165) is 5.56 Å². The molecule has 1 aliphatic rings. The molecular weight excluding hydrogens is 338 g/mol. The summed E-state index contributed by atoms with van der Waals surface area (Å²) in [7, 11) is 1.32. The number of hydrogen-bond donors (Lipinski definition) is 3. The van der Waals surface area contributed by atoms with Crippen LogP contribution in [0.25, 0.3) is 0 Å². The van der Waals surface area contributed by atoms with Crippen LogP contribution in [0.5, 0.6) is 0 Å². The van der Waals surface area contributed by atoms with Crippen molar-refractivity contribution in [2.75, 3.05) is 12.8 Å². The molecule has 2 rings (SSSR count). The summed E-state index contributed by atoms with van der Waals surface area (Å²) in [5, 5.41) is 6.18. The number of nitrogen functional groups attached to an aromatic ring is 1. The lowest BCUT2D eigenvalue weighted by atomic mass is 10.00. The van der Waals surface area contributed by atoms with Crippen molar-refractivity contribution in [3.05, 3.63) is 29.8 Å². The van der Waals surface area contributed by atoms with Gasteiger partial charge in [-0.3, -0.25) is 10.1 Å². The highest BCUT2D eigenvalue weighted by Gasteiger charge is 2.49. The molecule has 2 atom stereocenters. The molecule has 6 nitrogen and oxygen atoms in total. The summed E-state index contributed by atoms with van der Waals surface area (Å²) < 4.78 is 4.58. The van der Waals surface area contributed by atoms with E-state index in [2.05, 4.69) is 10.6 Å². The van der Waals surface area contributed by atoms with Crippen molar-refractivity contribution in [3.8, 4) is 0 Å². The number of nitrogens with two attached hydrogens (primary N) is 1. The van der Waals surface area contributed by atoms with Crippen molar-refractivity contribution < 1.29 is 14.3 Å². The Morgan fingerprint density at radius 2 is 1.88 bits per heavy atom. The number of methoxy groups -OCH3 is 1. The maximum atomic E-state index is 12.8. The molecule has 2 unspecified atom stereocenters. The van der Waals surface area contributed by atoms with Crippen LogP contribution in [0.4, 0.5) is 5.69 Å². The maximum absolute atomic E-state index is 12.8. The van der Waals surface area contributed by atoms with Gasteiger partial charge in [-0.1, -0.05) is 12.1 Å². The fourth-order valence-corrected chi connectivity index (χ4v) is 4.90. The lowest BCUT2D eigenvalue weighted by molar-refractivity contribution is -0.145. The molecule has 1 saturated heterocycles. The molecule has 0 radical (unpaired) electrons. The van der Waals surface area contributed by atoms with E-state index in [1.54, 1.807) is 23.9 Å². The SMILES string of the molecule is COC(=O)C(Cc1ccc(N)cc1)NC(=O)C1NC(C)(C)SC1(C)C. The van der Waals surface area contributed by atoms with Crippen molar-refractivity contribution in [1.82, 2.24) is 10.6 Å². The summed E-state index contributed by atoms with van der Waals surface area (Å²) in [5.74, 6) is -0.665. The minimum Gasteiger partial charge on any atom is -0.467 e. The largest absolute Gasteiger partial charge is 0.467 e. The number of ether oxygens (including phenoxy) is 1. The molecule has 1 aliphatic heterocycles. The minimum absolute atomic E-state index is 0.200. The van der Waals surface area contributed by atoms with E-state index >= 15 is 0 Å². The third-order valence-electron chi connectivity index (χ3n) is 4.19. The third-order valence-corrected chi connectivity index (χ3v) is 5.58. The van der Waals surface area contributed by atoms with E-state index in [9.17, 15) is 9.59 Å². The Hall–Kier alpha value is -1.73. The molecule has 0 aliphatic carbocycles. The number of esters is 1. The molecule has 0 aromatic heterocycles. The van der Waals surface area contributed by atoms with E-state index in [1.807, 2.05) is 39.8 Å². The lowest BCUT2D eigenvalue weighted by Crippen LogP contribution is -2.56. The fourth-order valence-electron chi connectivity index (χ4n) is 3.13. The normalized spacial score (nSPS) is 22.2. The van der Waals surface area contributed by atoms with Crippen molar-refractivity contribution in [3.63, 3.8) is 0 Å². The number of carbonyl (C=O) groups excluding carboxylic acids is 2. The summed E-state index contributed by atoms with van der Waals surface area (Å²) in [6, 6.07) is 6.08. The summed E-state index contributed by atoms with van der Waals surface area (Å²) in [6.45, 7) is 8.13. The zero-order chi connectivity index (χ0) is 18.8. The molecule has 1 fully saturated rings. The van der Waals surface area contributed by atoms with Gasteiger partial charge >= 0.3 is 5.97 Å². The minimum atomic E-state index is -0.743. The van der Waals surface area contributed by atoms with Gasteiger partial charge in [0, 0.05) is 16.9 Å². The van der Waals surface area contributed by atoms with Crippen LogP contribution in [0.2, 0.25) is 0 Å². The predicted molar refractivity (Wildman–Crippen MR) is 101 cm³/mol. The summed E-state index contributed by atoms with van der Waals surface area (Å²) >= 11 is 1.71. The van der Waals surface area contributed by atoms with Gasteiger partial charge in [0.2, 0.25) is 5.91 Å². The second-order valence-corrected chi connectivity index (χ2v) is 9.60. The summed E-state index contributed by atoms with van der Waals surface area (Å²) in [4.78, 5) is 24.7. The van der Waals surface area contributed by atoms with Crippen molar-refractivity contribution in [2.24, 2.45) is 0 Å². The number of benzene rings is 1. The Morgan fingerprint density at radius 3 is 2.36 bits per heavy atom. The first-order valence-electron chi connectivity index (χ1n) is 8.24. The molecule has 1 amide bonds. The van der Waals surface area contributed by atoms with Gasteiger partial charge in [-0.2, -0.15) is 0 Å². The standard InChI is InChI=1S/C18H27N3O3S/c1-17(2)14(21-18(3,4)25-17)15(22)20-13(16(23)24-5)10-11-6-8-12(19)9-7-11/h6-9,13-14,21H,10,19H2,1-5H3,(H,20,22). The third kappa shape index (κ3) is 4.89. The molecule has 4 N–H and O–H groups in total. The highest BCUT2D eigenvalue weighted by atomic mass is 32.2. The Labute approximate surface area is 153 Å². The van der Waals surface area contributed by atoms with Crippen LogP contribution in [-0.4, -0.2) is 40.7 Å². The first-order valence-corrected chi connectivity index (χ1v) is 9.06. The van der Waals surface area contributed by atoms with Gasteiger partial charge in [-0.05, 0) is 45.4 Å². The van der Waals surface area contributed by atoms with E-state index in [0.29, 0.717) is 12.1 Å². The Kier molecular flexibility index (Phi) is 5.68. The maximum Gasteiger partial charge on any atom is 0.328 e. The van der Waals surface area contributed by atoms with Gasteiger partial charge in [0.05, 0.1) is 12.0 Å². The van der Waals surface area contributed by atoms with Gasteiger partial charge in [0.1, 0.15) is 12.1 Å². The number of hydrogen-bond acceptors (Lipinski definition) is 6. The van der Waals surface area contributed by atoms with Crippen LogP contribution in [0.1, 0.15) is 33.3 Å². The zero-order valence-electron chi connectivity index (χ0n) is 15.4. The van der Waals surface area contributed by atoms with Crippen molar-refractivity contribution in [1.29, 1.82) is 0 Å². The van der Waals surface area contributed by atoms with Gasteiger partial charge in [-0.15, -0.1) is 11.8 Å². The molecule has 1 aromatic rings. The number of nitrogens with one attached hydrogen (secondary N) is 2. The molecule has 138 valence electrons. The van der Waals surface area contributed by atoms with Crippen molar-refractivity contribution >= 4 is 29.3 Å². The Morgan fingerprint density at radius 1 is 1.28 bits per heavy atom. The number of rotatable bonds is 5. The lowest BCUT2D eigenvalue weighted by Gasteiger charge is -2.26. The molecule has 0 saturated carbocycles. The number of amides is 1. The van der Waals surface area contributed by atoms with Gasteiger partial charge in [0.15, 0.2) is 0 Å². The van der Waals surface area contributed by atoms with Gasteiger partial charge in [-0.25, -0.2) is 4.79 Å². The topological polar surface area (TPSA) is 93.4 Å². The van der Waals surface area contributed by atoms with E-state index in [-0.39, 0.29) is 15.5 Å². The average Bonchev–Trinajstić information content (AvgIpc) is 2.75. The van der Waals surface area contributed by atoms with Crippen molar-refractivity contribution in [2.45, 2.75) is 55.8 Å².